The molecule has 0 bridgehead atoms. The fraction of sp³-hybridized carbons (Fsp3) is 0.583. The molecule has 0 radical (unpaired) electrons. The number of nitrogens with one attached hydrogen (secondary N) is 1. The quantitative estimate of drug-likeness (QED) is 0.777. The number of carbonyl (C=O) groups is 2. The number of rotatable bonds is 1. The van der Waals surface area contributed by atoms with Gasteiger partial charge in [-0.25, -0.2) is 4.98 Å². The van der Waals surface area contributed by atoms with Crippen molar-refractivity contribution in [2.45, 2.75) is 44.9 Å². The highest BCUT2D eigenvalue weighted by atomic mass is 32.1. The lowest BCUT2D eigenvalue weighted by Gasteiger charge is -2.19. The summed E-state index contributed by atoms with van der Waals surface area (Å²) in [7, 11) is 0. The maximum atomic E-state index is 11.3. The molecule has 2 rings (SSSR count). The monoisotopic (exact) mass is 252 g/mol. The van der Waals surface area contributed by atoms with E-state index in [4.69, 9.17) is 0 Å². The zero-order valence-corrected chi connectivity index (χ0v) is 11.1. The summed E-state index contributed by atoms with van der Waals surface area (Å²) >= 11 is 1.60. The van der Waals surface area contributed by atoms with E-state index in [1.54, 1.807) is 11.3 Å². The van der Waals surface area contributed by atoms with Gasteiger partial charge in [0.15, 0.2) is 0 Å². The number of aromatic nitrogens is 1. The van der Waals surface area contributed by atoms with Gasteiger partial charge in [0.25, 0.3) is 0 Å². The molecule has 1 N–H and O–H groups in total. The van der Waals surface area contributed by atoms with Gasteiger partial charge in [0.1, 0.15) is 0 Å². The zero-order chi connectivity index (χ0) is 12.6. The summed E-state index contributed by atoms with van der Waals surface area (Å²) in [4.78, 5) is 27.2. The van der Waals surface area contributed by atoms with Gasteiger partial charge in [-0.05, 0) is 0 Å². The Bertz CT molecular complexity index is 443. The lowest BCUT2D eigenvalue weighted by atomic mass is 9.93. The second-order valence-corrected chi connectivity index (χ2v) is 6.26. The zero-order valence-electron chi connectivity index (χ0n) is 10.2. The van der Waals surface area contributed by atoms with Crippen molar-refractivity contribution in [2.75, 3.05) is 0 Å². The van der Waals surface area contributed by atoms with Crippen LogP contribution in [0.4, 0.5) is 0 Å². The molecule has 2 amide bonds. The van der Waals surface area contributed by atoms with Gasteiger partial charge in [0, 0.05) is 29.6 Å². The third kappa shape index (κ3) is 2.72. The molecule has 0 saturated carbocycles. The molecule has 0 aromatic carbocycles. The SMILES string of the molecule is CC(C)(C)c1nc(C2CC(=O)NC(=O)C2)cs1. The van der Waals surface area contributed by atoms with E-state index in [2.05, 4.69) is 31.1 Å². The number of piperidine rings is 1. The van der Waals surface area contributed by atoms with Crippen molar-refractivity contribution in [3.63, 3.8) is 0 Å². The summed E-state index contributed by atoms with van der Waals surface area (Å²) in [6.07, 6.45) is 0.720. The molecule has 0 unspecified atom stereocenters. The van der Waals surface area contributed by atoms with Crippen molar-refractivity contribution >= 4 is 23.2 Å². The van der Waals surface area contributed by atoms with Crippen LogP contribution in [0.25, 0.3) is 0 Å². The minimum Gasteiger partial charge on any atom is -0.296 e. The first-order chi connectivity index (χ1) is 7.86. The summed E-state index contributed by atoms with van der Waals surface area (Å²) in [5.74, 6) is -0.447. The predicted octanol–water partition coefficient (Wildman–Crippen LogP) is 1.96. The van der Waals surface area contributed by atoms with E-state index in [-0.39, 0.29) is 23.1 Å². The Balaban J connectivity index is 2.20. The second kappa shape index (κ2) is 4.22. The molecule has 1 aromatic rings. The van der Waals surface area contributed by atoms with Crippen molar-refractivity contribution in [1.82, 2.24) is 10.3 Å². The van der Waals surface area contributed by atoms with Gasteiger partial charge in [0.2, 0.25) is 11.8 Å². The lowest BCUT2D eigenvalue weighted by Crippen LogP contribution is -2.37. The average molecular weight is 252 g/mol. The Morgan fingerprint density at radius 1 is 1.29 bits per heavy atom. The summed E-state index contributed by atoms with van der Waals surface area (Å²) < 4.78 is 0. The third-order valence-corrected chi connectivity index (χ3v) is 4.01. The summed E-state index contributed by atoms with van der Waals surface area (Å²) in [5, 5.41) is 5.33. The molecule has 0 aliphatic carbocycles. The Hall–Kier alpha value is -1.23. The molecule has 92 valence electrons. The molecule has 1 aliphatic heterocycles. The Kier molecular flexibility index (Phi) is 3.03. The fourth-order valence-electron chi connectivity index (χ4n) is 1.80. The van der Waals surface area contributed by atoms with E-state index < -0.39 is 0 Å². The Morgan fingerprint density at radius 3 is 2.35 bits per heavy atom. The van der Waals surface area contributed by atoms with Crippen LogP contribution in [-0.2, 0) is 15.0 Å². The largest absolute Gasteiger partial charge is 0.296 e. The lowest BCUT2D eigenvalue weighted by molar-refractivity contribution is -0.133. The standard InChI is InChI=1S/C12H16N2O2S/c1-12(2,3)11-13-8(6-17-11)7-4-9(15)14-10(16)5-7/h6-7H,4-5H2,1-3H3,(H,14,15,16). The molecule has 2 heterocycles. The van der Waals surface area contributed by atoms with E-state index in [0.717, 1.165) is 10.7 Å². The number of amides is 2. The van der Waals surface area contributed by atoms with Crippen molar-refractivity contribution in [2.24, 2.45) is 0 Å². The van der Waals surface area contributed by atoms with Crippen LogP contribution in [0.5, 0.6) is 0 Å². The molecule has 4 nitrogen and oxygen atoms in total. The average Bonchev–Trinajstić information content (AvgIpc) is 2.63. The summed E-state index contributed by atoms with van der Waals surface area (Å²) in [5.41, 5.74) is 0.896. The minimum atomic E-state index is -0.198. The topological polar surface area (TPSA) is 59.1 Å². The third-order valence-electron chi connectivity index (χ3n) is 2.72. The highest BCUT2D eigenvalue weighted by Crippen LogP contribution is 2.31. The first kappa shape index (κ1) is 12.2. The number of hydrogen-bond donors (Lipinski definition) is 1. The van der Waals surface area contributed by atoms with E-state index in [1.165, 1.54) is 0 Å². The molecule has 17 heavy (non-hydrogen) atoms. The molecule has 5 heteroatoms. The highest BCUT2D eigenvalue weighted by Gasteiger charge is 2.29. The Labute approximate surface area is 104 Å². The van der Waals surface area contributed by atoms with Crippen LogP contribution in [0.1, 0.15) is 50.2 Å². The predicted molar refractivity (Wildman–Crippen MR) is 65.9 cm³/mol. The van der Waals surface area contributed by atoms with Crippen LogP contribution in [0.2, 0.25) is 0 Å². The van der Waals surface area contributed by atoms with Gasteiger partial charge in [-0.3, -0.25) is 14.9 Å². The van der Waals surface area contributed by atoms with Crippen molar-refractivity contribution < 1.29 is 9.59 Å². The van der Waals surface area contributed by atoms with Crippen LogP contribution >= 0.6 is 11.3 Å². The first-order valence-corrected chi connectivity index (χ1v) is 6.53. The maximum absolute atomic E-state index is 11.3. The fourth-order valence-corrected chi connectivity index (χ4v) is 2.79. The van der Waals surface area contributed by atoms with Crippen molar-refractivity contribution in [1.29, 1.82) is 0 Å². The van der Waals surface area contributed by atoms with E-state index in [1.807, 2.05) is 5.38 Å². The molecular weight excluding hydrogens is 236 g/mol. The molecular formula is C12H16N2O2S. The second-order valence-electron chi connectivity index (χ2n) is 5.40. The van der Waals surface area contributed by atoms with Gasteiger partial charge >= 0.3 is 0 Å². The number of imide groups is 1. The summed E-state index contributed by atoms with van der Waals surface area (Å²) in [6.45, 7) is 6.32. The molecule has 1 saturated heterocycles. The van der Waals surface area contributed by atoms with Gasteiger partial charge in [-0.15, -0.1) is 11.3 Å². The minimum absolute atomic E-state index is 0.0177. The van der Waals surface area contributed by atoms with Gasteiger partial charge in [-0.2, -0.15) is 0 Å². The summed E-state index contributed by atoms with van der Waals surface area (Å²) in [6, 6.07) is 0. The number of hydrogen-bond acceptors (Lipinski definition) is 4. The number of nitrogens with zero attached hydrogens (tertiary/aromatic N) is 1. The van der Waals surface area contributed by atoms with E-state index in [9.17, 15) is 9.59 Å². The van der Waals surface area contributed by atoms with Crippen LogP contribution in [0, 0.1) is 0 Å². The van der Waals surface area contributed by atoms with Crippen LogP contribution < -0.4 is 5.32 Å². The van der Waals surface area contributed by atoms with Gasteiger partial charge in [-0.1, -0.05) is 20.8 Å². The van der Waals surface area contributed by atoms with Gasteiger partial charge < -0.3 is 0 Å². The molecule has 0 spiro atoms. The van der Waals surface area contributed by atoms with E-state index in [0.29, 0.717) is 12.8 Å². The molecule has 1 aliphatic rings. The van der Waals surface area contributed by atoms with E-state index >= 15 is 0 Å². The van der Waals surface area contributed by atoms with Crippen LogP contribution in [0.15, 0.2) is 5.38 Å². The molecule has 0 atom stereocenters. The maximum Gasteiger partial charge on any atom is 0.227 e. The smallest absolute Gasteiger partial charge is 0.227 e. The first-order valence-electron chi connectivity index (χ1n) is 5.65. The van der Waals surface area contributed by atoms with Crippen molar-refractivity contribution in [3.8, 4) is 0 Å². The van der Waals surface area contributed by atoms with Crippen molar-refractivity contribution in [3.05, 3.63) is 16.1 Å². The molecule has 1 fully saturated rings. The normalized spacial score (nSPS) is 18.3. The molecule has 1 aromatic heterocycles. The number of thiazole rings is 1. The van der Waals surface area contributed by atoms with Crippen LogP contribution in [-0.4, -0.2) is 16.8 Å². The highest BCUT2D eigenvalue weighted by molar-refractivity contribution is 7.09. The number of carbonyl (C=O) groups excluding carboxylic acids is 2. The van der Waals surface area contributed by atoms with Crippen LogP contribution in [0.3, 0.4) is 0 Å². The Morgan fingerprint density at radius 2 is 1.88 bits per heavy atom. The van der Waals surface area contributed by atoms with Gasteiger partial charge in [0.05, 0.1) is 10.7 Å².